The van der Waals surface area contributed by atoms with Crippen molar-refractivity contribution < 1.29 is 19.2 Å². The molecule has 2 aromatic rings. The summed E-state index contributed by atoms with van der Waals surface area (Å²) in [6.45, 7) is 1.76. The van der Waals surface area contributed by atoms with Gasteiger partial charge in [-0.3, -0.25) is 19.2 Å². The van der Waals surface area contributed by atoms with Crippen LogP contribution in [0.2, 0.25) is 5.02 Å². The Hall–Kier alpha value is -2.03. The molecule has 0 bridgehead atoms. The van der Waals surface area contributed by atoms with E-state index >= 15 is 0 Å². The van der Waals surface area contributed by atoms with Gasteiger partial charge in [0.2, 0.25) is 0 Å². The molecule has 4 rings (SSSR count). The van der Waals surface area contributed by atoms with Gasteiger partial charge in [0.25, 0.3) is 17.7 Å². The molecule has 2 aliphatic rings. The van der Waals surface area contributed by atoms with Gasteiger partial charge >= 0.3 is 0 Å². The number of carbonyl (C=O) groups is 4. The zero-order valence-corrected chi connectivity index (χ0v) is 22.3. The maximum absolute atomic E-state index is 13.8. The van der Waals surface area contributed by atoms with E-state index < -0.39 is 35.6 Å². The Bertz CT molecular complexity index is 1080. The molecule has 1 aliphatic heterocycles. The number of benzene rings is 2. The van der Waals surface area contributed by atoms with E-state index in [2.05, 4.69) is 31.9 Å². The molecule has 0 radical (unpaired) electrons. The lowest BCUT2D eigenvalue weighted by molar-refractivity contribution is -0.156. The smallest absolute Gasteiger partial charge is 0.273 e. The second kappa shape index (κ2) is 10.3. The number of hydrazine groups is 1. The molecule has 2 fully saturated rings. The van der Waals surface area contributed by atoms with Crippen molar-refractivity contribution >= 4 is 67.0 Å². The lowest BCUT2D eigenvalue weighted by atomic mass is 9.81. The molecule has 5 atom stereocenters. The van der Waals surface area contributed by atoms with E-state index in [9.17, 15) is 19.2 Å². The number of hydrogen-bond donors (Lipinski definition) is 0. The molecule has 0 spiro atoms. The van der Waals surface area contributed by atoms with Crippen molar-refractivity contribution in [2.75, 3.05) is 0 Å². The van der Waals surface area contributed by atoms with E-state index in [0.29, 0.717) is 23.4 Å². The second-order valence-electron chi connectivity index (χ2n) is 8.52. The molecule has 1 saturated heterocycles. The Kier molecular flexibility index (Phi) is 7.60. The number of halogens is 3. The van der Waals surface area contributed by atoms with Crippen LogP contribution >= 0.6 is 43.5 Å². The first kappa shape index (κ1) is 25.1. The Morgan fingerprint density at radius 2 is 1.47 bits per heavy atom. The summed E-state index contributed by atoms with van der Waals surface area (Å²) in [5, 5.41) is 2.46. The molecule has 1 heterocycles. The molecule has 6 nitrogen and oxygen atoms in total. The number of alkyl halides is 2. The van der Waals surface area contributed by atoms with Crippen molar-refractivity contribution in [2.45, 2.75) is 41.9 Å². The van der Waals surface area contributed by atoms with Crippen molar-refractivity contribution in [3.63, 3.8) is 0 Å². The fourth-order valence-corrected chi connectivity index (χ4v) is 6.01. The Morgan fingerprint density at radius 3 is 1.97 bits per heavy atom. The van der Waals surface area contributed by atoms with E-state index in [4.69, 9.17) is 11.6 Å². The summed E-state index contributed by atoms with van der Waals surface area (Å²) >= 11 is 13.2. The topological polar surface area (TPSA) is 74.8 Å². The van der Waals surface area contributed by atoms with Crippen molar-refractivity contribution in [3.05, 3.63) is 70.7 Å². The first-order valence-corrected chi connectivity index (χ1v) is 13.3. The molecule has 1 saturated carbocycles. The number of imide groups is 1. The van der Waals surface area contributed by atoms with Crippen molar-refractivity contribution in [2.24, 2.45) is 11.8 Å². The van der Waals surface area contributed by atoms with E-state index in [0.717, 1.165) is 10.0 Å². The zero-order valence-electron chi connectivity index (χ0n) is 18.4. The minimum Gasteiger partial charge on any atom is -0.292 e. The predicted octanol–water partition coefficient (Wildman–Crippen LogP) is 5.28. The highest BCUT2D eigenvalue weighted by molar-refractivity contribution is 9.12. The minimum absolute atomic E-state index is 0.0267. The van der Waals surface area contributed by atoms with Crippen LogP contribution in [-0.2, 0) is 9.59 Å². The van der Waals surface area contributed by atoms with E-state index in [1.165, 1.54) is 12.1 Å². The van der Waals surface area contributed by atoms with E-state index in [1.54, 1.807) is 49.4 Å². The quantitative estimate of drug-likeness (QED) is 0.254. The Labute approximate surface area is 219 Å². The summed E-state index contributed by atoms with van der Waals surface area (Å²) in [7, 11) is 0. The van der Waals surface area contributed by atoms with Gasteiger partial charge in [-0.25, -0.2) is 5.01 Å². The fourth-order valence-electron chi connectivity index (χ4n) is 4.65. The minimum atomic E-state index is -1.03. The number of Topliss-reactive ketones (excluding diaryl/α,β-unsaturated/α-hetero) is 1. The molecular formula is C25H23Br2ClN2O4. The van der Waals surface area contributed by atoms with Crippen LogP contribution in [0.5, 0.6) is 0 Å². The van der Waals surface area contributed by atoms with Crippen LogP contribution in [0.1, 0.15) is 46.9 Å². The molecule has 0 N–H and O–H groups in total. The van der Waals surface area contributed by atoms with Gasteiger partial charge in [0.05, 0.1) is 11.8 Å². The van der Waals surface area contributed by atoms with Gasteiger partial charge < -0.3 is 0 Å². The normalized spacial score (nSPS) is 25.1. The van der Waals surface area contributed by atoms with Crippen LogP contribution < -0.4 is 0 Å². The molecule has 3 amide bonds. The fraction of sp³-hybridized carbons (Fsp3) is 0.360. The van der Waals surface area contributed by atoms with Gasteiger partial charge in [-0.05, 0) is 43.5 Å². The largest absolute Gasteiger partial charge is 0.292 e. The van der Waals surface area contributed by atoms with Crippen molar-refractivity contribution in [1.29, 1.82) is 0 Å². The standard InChI is InChI=1S/C25H23Br2ClN2O4/c1-2-21(22(31)14-6-4-3-5-7-14)29(23(32)15-8-10-16(28)11-9-15)30-24(33)17-12-19(26)20(27)13-18(17)25(30)34/h3-11,17-21H,2,12-13H2,1H3/t17-,18-,19+,20+,21-/m1/s1. The van der Waals surface area contributed by atoms with Crippen LogP contribution in [0.4, 0.5) is 0 Å². The molecule has 0 unspecified atom stereocenters. The summed E-state index contributed by atoms with van der Waals surface area (Å²) in [6.07, 6.45) is 1.16. The van der Waals surface area contributed by atoms with Crippen LogP contribution in [0.25, 0.3) is 0 Å². The SMILES string of the molecule is CC[C@H](C(=O)c1ccccc1)N(C(=O)c1ccc(Cl)cc1)N1C(=O)[C@@H]2C[C@H](Br)[C@@H](Br)C[C@H]2C1=O. The van der Waals surface area contributed by atoms with Gasteiger partial charge in [-0.2, -0.15) is 5.01 Å². The van der Waals surface area contributed by atoms with E-state index in [1.807, 2.05) is 0 Å². The molecule has 178 valence electrons. The maximum atomic E-state index is 13.8. The average Bonchev–Trinajstić information content (AvgIpc) is 3.07. The molecular weight excluding hydrogens is 588 g/mol. The lowest BCUT2D eigenvalue weighted by Crippen LogP contribution is -2.57. The Morgan fingerprint density at radius 1 is 0.941 bits per heavy atom. The number of carbonyl (C=O) groups excluding carboxylic acids is 4. The summed E-state index contributed by atoms with van der Waals surface area (Å²) in [6, 6.07) is 13.7. The molecule has 2 aromatic carbocycles. The van der Waals surface area contributed by atoms with Gasteiger partial charge in [-0.1, -0.05) is 80.7 Å². The highest BCUT2D eigenvalue weighted by atomic mass is 79.9. The third-order valence-electron chi connectivity index (χ3n) is 6.45. The van der Waals surface area contributed by atoms with Gasteiger partial charge in [0.1, 0.15) is 6.04 Å². The summed E-state index contributed by atoms with van der Waals surface area (Å²) in [4.78, 5) is 54.5. The highest BCUT2D eigenvalue weighted by Gasteiger charge is 2.56. The lowest BCUT2D eigenvalue weighted by Gasteiger charge is -2.36. The third-order valence-corrected chi connectivity index (χ3v) is 9.43. The van der Waals surface area contributed by atoms with Crippen LogP contribution in [0.3, 0.4) is 0 Å². The third kappa shape index (κ3) is 4.60. The molecule has 34 heavy (non-hydrogen) atoms. The zero-order chi connectivity index (χ0) is 24.6. The monoisotopic (exact) mass is 608 g/mol. The van der Waals surface area contributed by atoms with Crippen molar-refractivity contribution in [1.82, 2.24) is 10.0 Å². The van der Waals surface area contributed by atoms with Crippen LogP contribution in [-0.4, -0.2) is 49.2 Å². The second-order valence-corrected chi connectivity index (χ2v) is 11.3. The Balaban J connectivity index is 1.78. The van der Waals surface area contributed by atoms with Gasteiger partial charge in [0.15, 0.2) is 5.78 Å². The van der Waals surface area contributed by atoms with Crippen LogP contribution in [0, 0.1) is 11.8 Å². The van der Waals surface area contributed by atoms with Gasteiger partial charge in [0, 0.05) is 25.8 Å². The average molecular weight is 611 g/mol. The molecule has 0 aromatic heterocycles. The first-order chi connectivity index (χ1) is 16.2. The van der Waals surface area contributed by atoms with Crippen LogP contribution in [0.15, 0.2) is 54.6 Å². The van der Waals surface area contributed by atoms with Gasteiger partial charge in [-0.15, -0.1) is 0 Å². The van der Waals surface area contributed by atoms with E-state index in [-0.39, 0.29) is 27.4 Å². The summed E-state index contributed by atoms with van der Waals surface area (Å²) in [5.41, 5.74) is 0.636. The number of amides is 3. The molecule has 9 heteroatoms. The predicted molar refractivity (Wildman–Crippen MR) is 136 cm³/mol. The highest BCUT2D eigenvalue weighted by Crippen LogP contribution is 2.44. The van der Waals surface area contributed by atoms with Crippen molar-refractivity contribution in [3.8, 4) is 0 Å². The number of ketones is 1. The summed E-state index contributed by atoms with van der Waals surface area (Å²) < 4.78 is 0. The number of rotatable bonds is 6. The summed E-state index contributed by atoms with van der Waals surface area (Å²) in [5.74, 6) is -2.91. The number of fused-ring (bicyclic) bond motifs is 1. The number of hydrogen-bond acceptors (Lipinski definition) is 4. The number of nitrogens with zero attached hydrogens (tertiary/aromatic N) is 2. The first-order valence-electron chi connectivity index (χ1n) is 11.1. The maximum Gasteiger partial charge on any atom is 0.273 e. The molecule has 1 aliphatic carbocycles.